The van der Waals surface area contributed by atoms with Gasteiger partial charge in [0.05, 0.1) is 5.56 Å². The molecule has 0 spiro atoms. The predicted octanol–water partition coefficient (Wildman–Crippen LogP) is 5.93. The van der Waals surface area contributed by atoms with Gasteiger partial charge in [0, 0.05) is 16.5 Å². The Hall–Kier alpha value is -2.41. The highest BCUT2D eigenvalue weighted by molar-refractivity contribution is 5.86. The van der Waals surface area contributed by atoms with Crippen molar-refractivity contribution in [1.82, 2.24) is 0 Å². The van der Waals surface area contributed by atoms with Crippen molar-refractivity contribution in [2.24, 2.45) is 7.05 Å². The molecule has 0 saturated heterocycles. The Labute approximate surface area is 169 Å². The molecule has 5 rings (SSSR count). The van der Waals surface area contributed by atoms with Gasteiger partial charge in [-0.2, -0.15) is 0 Å². The van der Waals surface area contributed by atoms with E-state index in [-0.39, 0.29) is 10.8 Å². The third-order valence-electron chi connectivity index (χ3n) is 7.91. The number of fused-ring (bicyclic) bond motifs is 6. The van der Waals surface area contributed by atoms with Gasteiger partial charge in [0.15, 0.2) is 6.20 Å². The van der Waals surface area contributed by atoms with Crippen LogP contribution in [0.1, 0.15) is 61.1 Å². The monoisotopic (exact) mass is 368 g/mol. The van der Waals surface area contributed by atoms with Gasteiger partial charge in [0.1, 0.15) is 7.05 Å². The van der Waals surface area contributed by atoms with Crippen molar-refractivity contribution in [3.63, 3.8) is 0 Å². The maximum absolute atomic E-state index is 2.52. The first kappa shape index (κ1) is 17.7. The zero-order valence-electron chi connectivity index (χ0n) is 18.2. The maximum Gasteiger partial charge on any atom is 0.216 e. The van der Waals surface area contributed by atoms with Gasteiger partial charge in [-0.1, -0.05) is 52.0 Å². The first-order chi connectivity index (χ1) is 13.1. The molecule has 3 aromatic rings. The number of rotatable bonds is 0. The summed E-state index contributed by atoms with van der Waals surface area (Å²) in [6.07, 6.45) is 3.33. The van der Waals surface area contributed by atoms with E-state index in [1.54, 1.807) is 0 Å². The molecule has 1 aromatic heterocycles. The number of pyridine rings is 1. The largest absolute Gasteiger partial charge is 0.216 e. The highest BCUT2D eigenvalue weighted by atomic mass is 14.9. The van der Waals surface area contributed by atoms with Crippen LogP contribution < -0.4 is 4.57 Å². The second-order valence-corrected chi connectivity index (χ2v) is 9.92. The molecule has 0 bridgehead atoms. The predicted molar refractivity (Wildman–Crippen MR) is 117 cm³/mol. The molecule has 0 unspecified atom stereocenters. The van der Waals surface area contributed by atoms with Crippen LogP contribution in [-0.2, 0) is 24.3 Å². The lowest BCUT2D eigenvalue weighted by atomic mass is 9.55. The van der Waals surface area contributed by atoms with E-state index in [2.05, 4.69) is 95.8 Å². The number of nitrogens with zero attached hydrogens (tertiary/aromatic N) is 1. The number of aryl methyl sites for hydroxylation is 2. The summed E-state index contributed by atoms with van der Waals surface area (Å²) < 4.78 is 2.36. The van der Waals surface area contributed by atoms with Crippen LogP contribution in [0.3, 0.4) is 0 Å². The zero-order valence-corrected chi connectivity index (χ0v) is 18.2. The van der Waals surface area contributed by atoms with E-state index >= 15 is 0 Å². The van der Waals surface area contributed by atoms with Crippen LogP contribution in [-0.4, -0.2) is 0 Å². The van der Waals surface area contributed by atoms with Crippen LogP contribution in [0, 0.1) is 13.8 Å². The Balaban J connectivity index is 1.93. The highest BCUT2D eigenvalue weighted by Gasteiger charge is 2.50. The first-order valence-electron chi connectivity index (χ1n) is 10.4. The van der Waals surface area contributed by atoms with Gasteiger partial charge < -0.3 is 0 Å². The number of hydrogen-bond donors (Lipinski definition) is 0. The molecule has 0 fully saturated rings. The van der Waals surface area contributed by atoms with E-state index in [0.717, 1.165) is 6.42 Å². The van der Waals surface area contributed by atoms with Gasteiger partial charge in [-0.05, 0) is 71.2 Å². The second-order valence-electron chi connectivity index (χ2n) is 9.92. The van der Waals surface area contributed by atoms with Crippen molar-refractivity contribution < 1.29 is 4.57 Å². The lowest BCUT2D eigenvalue weighted by molar-refractivity contribution is -0.661. The Morgan fingerprint density at radius 2 is 1.54 bits per heavy atom. The van der Waals surface area contributed by atoms with Crippen molar-refractivity contribution in [2.75, 3.05) is 0 Å². The fraction of sp³-hybridized carbons (Fsp3) is 0.370. The lowest BCUT2D eigenvalue weighted by Crippen LogP contribution is -2.48. The maximum atomic E-state index is 2.52. The molecule has 1 heteroatoms. The number of aromatic nitrogens is 1. The fourth-order valence-electron chi connectivity index (χ4n) is 5.61. The Morgan fingerprint density at radius 1 is 0.857 bits per heavy atom. The van der Waals surface area contributed by atoms with E-state index in [1.807, 2.05) is 0 Å². The van der Waals surface area contributed by atoms with Crippen LogP contribution in [0.5, 0.6) is 0 Å². The molecule has 2 aliphatic carbocycles. The van der Waals surface area contributed by atoms with Gasteiger partial charge >= 0.3 is 0 Å². The van der Waals surface area contributed by atoms with E-state index in [0.29, 0.717) is 0 Å². The van der Waals surface area contributed by atoms with E-state index in [4.69, 9.17) is 0 Å². The van der Waals surface area contributed by atoms with Gasteiger partial charge in [-0.15, -0.1) is 0 Å². The van der Waals surface area contributed by atoms with Crippen molar-refractivity contribution in [1.29, 1.82) is 0 Å². The molecule has 0 N–H and O–H groups in total. The molecule has 2 aromatic carbocycles. The SMILES string of the molecule is Cc1cc2c([n+](C)c1)-c1c(cc3c(c1C)Cc1ccccc1-3)C(C)(C)C2(C)C. The van der Waals surface area contributed by atoms with Gasteiger partial charge in [-0.25, -0.2) is 4.57 Å². The van der Waals surface area contributed by atoms with Crippen molar-refractivity contribution in [3.05, 3.63) is 76.0 Å². The number of benzene rings is 2. The van der Waals surface area contributed by atoms with Crippen LogP contribution in [0.2, 0.25) is 0 Å². The molecule has 0 amide bonds. The molecular weight excluding hydrogens is 338 g/mol. The summed E-state index contributed by atoms with van der Waals surface area (Å²) in [6, 6.07) is 13.9. The smallest absolute Gasteiger partial charge is 0.200 e. The zero-order chi connectivity index (χ0) is 20.0. The summed E-state index contributed by atoms with van der Waals surface area (Å²) in [5.74, 6) is 0. The average molecular weight is 369 g/mol. The first-order valence-corrected chi connectivity index (χ1v) is 10.4. The summed E-state index contributed by atoms with van der Waals surface area (Å²) in [5.41, 5.74) is 14.6. The van der Waals surface area contributed by atoms with Crippen molar-refractivity contribution >= 4 is 0 Å². The van der Waals surface area contributed by atoms with Crippen LogP contribution in [0.25, 0.3) is 22.4 Å². The summed E-state index contributed by atoms with van der Waals surface area (Å²) in [7, 11) is 2.21. The Kier molecular flexibility index (Phi) is 3.37. The minimum absolute atomic E-state index is 0.0491. The average Bonchev–Trinajstić information content (AvgIpc) is 3.00. The van der Waals surface area contributed by atoms with E-state index in [9.17, 15) is 0 Å². The van der Waals surface area contributed by atoms with Crippen LogP contribution in [0.15, 0.2) is 42.6 Å². The quantitative estimate of drug-likeness (QED) is 0.338. The third kappa shape index (κ3) is 2.00. The summed E-state index contributed by atoms with van der Waals surface area (Å²) in [4.78, 5) is 0. The van der Waals surface area contributed by atoms with Gasteiger partial charge in [0.25, 0.3) is 0 Å². The van der Waals surface area contributed by atoms with Crippen molar-refractivity contribution in [3.8, 4) is 22.4 Å². The topological polar surface area (TPSA) is 3.88 Å². The molecular formula is C27H30N+. The molecule has 142 valence electrons. The fourth-order valence-corrected chi connectivity index (χ4v) is 5.61. The van der Waals surface area contributed by atoms with Crippen LogP contribution in [0.4, 0.5) is 0 Å². The normalized spacial score (nSPS) is 17.5. The molecule has 28 heavy (non-hydrogen) atoms. The summed E-state index contributed by atoms with van der Waals surface area (Å²) in [6.45, 7) is 14.3. The standard InChI is InChI=1S/C27H30N/c1-16-12-23-25(28(7)15-16)24-17(2)20-13-18-10-8-9-11-19(18)21(20)14-22(24)26(3,4)27(23,5)6/h8-12,14-15H,13H2,1-7H3/q+1. The minimum atomic E-state index is 0.0491. The molecule has 1 heterocycles. The molecule has 1 nitrogen and oxygen atoms in total. The molecule has 0 radical (unpaired) electrons. The molecule has 0 saturated carbocycles. The van der Waals surface area contributed by atoms with Gasteiger partial charge in [-0.3, -0.25) is 0 Å². The van der Waals surface area contributed by atoms with E-state index in [1.165, 1.54) is 55.8 Å². The van der Waals surface area contributed by atoms with Crippen LogP contribution >= 0.6 is 0 Å². The number of hydrogen-bond acceptors (Lipinski definition) is 0. The second kappa shape index (κ2) is 5.35. The van der Waals surface area contributed by atoms with E-state index < -0.39 is 0 Å². The third-order valence-corrected chi connectivity index (χ3v) is 7.91. The Bertz CT molecular complexity index is 1160. The lowest BCUT2D eigenvalue weighted by Gasteiger charge is -2.47. The van der Waals surface area contributed by atoms with Crippen molar-refractivity contribution in [2.45, 2.75) is 58.8 Å². The highest BCUT2D eigenvalue weighted by Crippen LogP contribution is 2.56. The molecule has 0 aliphatic heterocycles. The molecule has 2 aliphatic rings. The minimum Gasteiger partial charge on any atom is -0.200 e. The summed E-state index contributed by atoms with van der Waals surface area (Å²) >= 11 is 0. The van der Waals surface area contributed by atoms with Gasteiger partial charge in [0.2, 0.25) is 5.69 Å². The Morgan fingerprint density at radius 3 is 2.29 bits per heavy atom. The molecule has 0 atom stereocenters. The summed E-state index contributed by atoms with van der Waals surface area (Å²) in [5, 5.41) is 0.